The largest absolute Gasteiger partial charge is 0.310 e. The van der Waals surface area contributed by atoms with Gasteiger partial charge in [-0.3, -0.25) is 0 Å². The molecule has 0 amide bonds. The van der Waals surface area contributed by atoms with Crippen molar-refractivity contribution < 1.29 is 0 Å². The molecule has 0 aliphatic carbocycles. The molecular weight excluding hydrogens is 508 g/mol. The summed E-state index contributed by atoms with van der Waals surface area (Å²) in [6.07, 6.45) is 0. The summed E-state index contributed by atoms with van der Waals surface area (Å²) >= 11 is 0. The second-order valence-electron chi connectivity index (χ2n) is 10.6. The summed E-state index contributed by atoms with van der Waals surface area (Å²) in [5, 5.41) is 5.01. The molecule has 198 valence electrons. The molecular formula is C40H28N2. The van der Waals surface area contributed by atoms with Crippen molar-refractivity contribution >= 4 is 49.6 Å². The van der Waals surface area contributed by atoms with Gasteiger partial charge in [-0.25, -0.2) is 0 Å². The molecule has 0 bridgehead atoms. The van der Waals surface area contributed by atoms with Gasteiger partial charge >= 0.3 is 0 Å². The first-order valence-corrected chi connectivity index (χ1v) is 14.4. The fraction of sp³-hybridized carbons (Fsp3) is 0. The molecule has 0 aliphatic heterocycles. The summed E-state index contributed by atoms with van der Waals surface area (Å²) in [7, 11) is 0. The Labute approximate surface area is 245 Å². The van der Waals surface area contributed by atoms with Crippen LogP contribution in [-0.4, -0.2) is 4.57 Å². The highest BCUT2D eigenvalue weighted by atomic mass is 15.1. The molecule has 0 N–H and O–H groups in total. The van der Waals surface area contributed by atoms with Gasteiger partial charge in [0.1, 0.15) is 0 Å². The Morgan fingerprint density at radius 2 is 1.05 bits per heavy atom. The van der Waals surface area contributed by atoms with Gasteiger partial charge < -0.3 is 9.47 Å². The third kappa shape index (κ3) is 4.05. The van der Waals surface area contributed by atoms with E-state index in [-0.39, 0.29) is 0 Å². The van der Waals surface area contributed by atoms with Crippen LogP contribution in [0.5, 0.6) is 0 Å². The van der Waals surface area contributed by atoms with E-state index in [9.17, 15) is 0 Å². The van der Waals surface area contributed by atoms with Crippen LogP contribution < -0.4 is 4.90 Å². The average molecular weight is 537 g/mol. The molecule has 2 nitrogen and oxygen atoms in total. The van der Waals surface area contributed by atoms with E-state index in [1.54, 1.807) is 0 Å². The second kappa shape index (κ2) is 10.1. The lowest BCUT2D eigenvalue weighted by Crippen LogP contribution is -2.09. The smallest absolute Gasteiger partial charge is 0.0562 e. The van der Waals surface area contributed by atoms with Gasteiger partial charge in [-0.2, -0.15) is 0 Å². The van der Waals surface area contributed by atoms with Crippen molar-refractivity contribution in [3.63, 3.8) is 0 Å². The maximum absolute atomic E-state index is 2.41. The van der Waals surface area contributed by atoms with Crippen molar-refractivity contribution in [2.45, 2.75) is 0 Å². The zero-order valence-electron chi connectivity index (χ0n) is 23.1. The predicted octanol–water partition coefficient (Wildman–Crippen LogP) is 11.1. The van der Waals surface area contributed by atoms with Crippen LogP contribution in [-0.2, 0) is 0 Å². The van der Waals surface area contributed by atoms with E-state index in [0.717, 1.165) is 22.7 Å². The predicted molar refractivity (Wildman–Crippen MR) is 178 cm³/mol. The van der Waals surface area contributed by atoms with Crippen LogP contribution >= 0.6 is 0 Å². The van der Waals surface area contributed by atoms with Gasteiger partial charge in [0.15, 0.2) is 0 Å². The fourth-order valence-corrected chi connectivity index (χ4v) is 6.25. The summed E-state index contributed by atoms with van der Waals surface area (Å²) in [5.41, 5.74) is 9.37. The van der Waals surface area contributed by atoms with Crippen molar-refractivity contribution in [1.82, 2.24) is 4.57 Å². The van der Waals surface area contributed by atoms with Crippen LogP contribution in [0.4, 0.5) is 17.1 Å². The molecule has 8 rings (SSSR count). The first-order valence-electron chi connectivity index (χ1n) is 14.4. The van der Waals surface area contributed by atoms with E-state index in [1.165, 1.54) is 43.7 Å². The van der Waals surface area contributed by atoms with Crippen molar-refractivity contribution in [2.75, 3.05) is 4.90 Å². The number of fused-ring (bicyclic) bond motifs is 4. The normalized spacial score (nSPS) is 11.3. The fourth-order valence-electron chi connectivity index (χ4n) is 6.25. The maximum Gasteiger partial charge on any atom is 0.0562 e. The molecule has 0 atom stereocenters. The highest BCUT2D eigenvalue weighted by Crippen LogP contribution is 2.42. The zero-order valence-corrected chi connectivity index (χ0v) is 23.1. The quantitative estimate of drug-likeness (QED) is 0.212. The lowest BCUT2D eigenvalue weighted by Gasteiger charge is -2.25. The number of para-hydroxylation sites is 3. The maximum atomic E-state index is 2.41. The van der Waals surface area contributed by atoms with Gasteiger partial charge in [-0.1, -0.05) is 109 Å². The van der Waals surface area contributed by atoms with Gasteiger partial charge in [-0.05, 0) is 82.6 Å². The molecule has 0 unspecified atom stereocenters. The Morgan fingerprint density at radius 1 is 0.405 bits per heavy atom. The topological polar surface area (TPSA) is 8.17 Å². The third-order valence-corrected chi connectivity index (χ3v) is 8.14. The van der Waals surface area contributed by atoms with E-state index in [4.69, 9.17) is 0 Å². The van der Waals surface area contributed by atoms with Crippen molar-refractivity contribution in [2.24, 2.45) is 0 Å². The summed E-state index contributed by atoms with van der Waals surface area (Å²) in [6, 6.07) is 60.9. The van der Waals surface area contributed by atoms with Crippen LogP contribution in [0.3, 0.4) is 0 Å². The van der Waals surface area contributed by atoms with E-state index < -0.39 is 0 Å². The average Bonchev–Trinajstić information content (AvgIpc) is 3.40. The summed E-state index contributed by atoms with van der Waals surface area (Å²) < 4.78 is 2.41. The van der Waals surface area contributed by atoms with Crippen LogP contribution in [0, 0.1) is 0 Å². The zero-order chi connectivity index (χ0) is 27.9. The molecule has 0 saturated carbocycles. The highest BCUT2D eigenvalue weighted by Gasteiger charge is 2.19. The van der Waals surface area contributed by atoms with Crippen molar-refractivity contribution in [3.8, 4) is 16.8 Å². The number of hydrogen-bond acceptors (Lipinski definition) is 1. The number of anilines is 3. The second-order valence-corrected chi connectivity index (χ2v) is 10.6. The van der Waals surface area contributed by atoms with Crippen LogP contribution in [0.15, 0.2) is 170 Å². The number of hydrogen-bond donors (Lipinski definition) is 0. The Hall–Kier alpha value is -5.60. The Bertz CT molecular complexity index is 2140. The van der Waals surface area contributed by atoms with Crippen LogP contribution in [0.25, 0.3) is 49.4 Å². The molecule has 8 aromatic rings. The van der Waals surface area contributed by atoms with Gasteiger partial charge in [0, 0.05) is 33.5 Å². The first-order chi connectivity index (χ1) is 20.8. The first kappa shape index (κ1) is 24.2. The molecule has 0 saturated heterocycles. The lowest BCUT2D eigenvalue weighted by molar-refractivity contribution is 1.18. The summed E-state index contributed by atoms with van der Waals surface area (Å²) in [4.78, 5) is 2.33. The monoisotopic (exact) mass is 536 g/mol. The standard InChI is InChI=1S/C40H28N2/c1-4-15-32(16-5-1)41(33-17-6-2-7-18-33)35-25-26-37-39(28-35)42(34-19-8-3-9-20-34)38-22-12-21-36(40(37)38)31-24-23-29-13-10-11-14-30(29)27-31/h1-28H. The van der Waals surface area contributed by atoms with E-state index >= 15 is 0 Å². The summed E-state index contributed by atoms with van der Waals surface area (Å²) in [5.74, 6) is 0. The molecule has 7 aromatic carbocycles. The van der Waals surface area contributed by atoms with Gasteiger partial charge in [0.05, 0.1) is 11.0 Å². The van der Waals surface area contributed by atoms with Crippen molar-refractivity contribution in [1.29, 1.82) is 0 Å². The van der Waals surface area contributed by atoms with E-state index in [0.29, 0.717) is 0 Å². The van der Waals surface area contributed by atoms with Gasteiger partial charge in [0.25, 0.3) is 0 Å². The minimum absolute atomic E-state index is 1.12. The van der Waals surface area contributed by atoms with E-state index in [2.05, 4.69) is 179 Å². The molecule has 0 spiro atoms. The SMILES string of the molecule is c1ccc(N(c2ccccc2)c2ccc3c4c(-c5ccc6ccccc6c5)cccc4n(-c4ccccc4)c3c2)cc1. The molecule has 0 fully saturated rings. The van der Waals surface area contributed by atoms with Gasteiger partial charge in [-0.15, -0.1) is 0 Å². The Kier molecular flexibility index (Phi) is 5.82. The molecule has 2 heteroatoms. The van der Waals surface area contributed by atoms with Crippen LogP contribution in [0.1, 0.15) is 0 Å². The third-order valence-electron chi connectivity index (χ3n) is 8.14. The molecule has 1 aromatic heterocycles. The minimum atomic E-state index is 1.12. The summed E-state index contributed by atoms with van der Waals surface area (Å²) in [6.45, 7) is 0. The molecule has 0 aliphatic rings. The molecule has 0 radical (unpaired) electrons. The Balaban J connectivity index is 1.42. The number of nitrogens with zero attached hydrogens (tertiary/aromatic N) is 2. The molecule has 1 heterocycles. The minimum Gasteiger partial charge on any atom is -0.310 e. The number of aromatic nitrogens is 1. The lowest BCUT2D eigenvalue weighted by atomic mass is 9.97. The van der Waals surface area contributed by atoms with Crippen molar-refractivity contribution in [3.05, 3.63) is 170 Å². The van der Waals surface area contributed by atoms with Gasteiger partial charge in [0.2, 0.25) is 0 Å². The van der Waals surface area contributed by atoms with Crippen LogP contribution in [0.2, 0.25) is 0 Å². The number of rotatable bonds is 5. The highest BCUT2D eigenvalue weighted by molar-refractivity contribution is 6.16. The molecule has 42 heavy (non-hydrogen) atoms. The van der Waals surface area contributed by atoms with E-state index in [1.807, 2.05) is 0 Å². The Morgan fingerprint density at radius 3 is 1.76 bits per heavy atom. The number of benzene rings is 7.